The maximum absolute atomic E-state index is 3.64. The van der Waals surface area contributed by atoms with Gasteiger partial charge in [-0.05, 0) is 44.2 Å². The second-order valence-electron chi connectivity index (χ2n) is 5.01. The molecule has 0 bridgehead atoms. The number of alkyl halides is 1. The summed E-state index contributed by atoms with van der Waals surface area (Å²) < 4.78 is 0. The first-order chi connectivity index (χ1) is 6.72. The molecule has 1 heterocycles. The Morgan fingerprint density at radius 3 is 2.29 bits per heavy atom. The van der Waals surface area contributed by atoms with Crippen LogP contribution in [0.25, 0.3) is 0 Å². The number of rotatable bonds is 5. The van der Waals surface area contributed by atoms with Gasteiger partial charge in [0, 0.05) is 11.9 Å². The van der Waals surface area contributed by atoms with Gasteiger partial charge in [0.15, 0.2) is 0 Å². The van der Waals surface area contributed by atoms with Crippen LogP contribution in [-0.4, -0.2) is 29.9 Å². The van der Waals surface area contributed by atoms with Gasteiger partial charge in [0.1, 0.15) is 0 Å². The second-order valence-corrected chi connectivity index (χ2v) is 5.66. The van der Waals surface area contributed by atoms with E-state index in [1.807, 2.05) is 0 Å². The Hall–Kier alpha value is 0.440. The van der Waals surface area contributed by atoms with Crippen LogP contribution in [0.3, 0.4) is 0 Å². The zero-order valence-corrected chi connectivity index (χ0v) is 11.2. The normalized spacial score (nSPS) is 21.4. The van der Waals surface area contributed by atoms with Crippen molar-refractivity contribution in [3.8, 4) is 0 Å². The fourth-order valence-electron chi connectivity index (χ4n) is 2.36. The molecule has 2 heteroatoms. The van der Waals surface area contributed by atoms with Crippen molar-refractivity contribution in [2.45, 2.75) is 39.5 Å². The molecule has 0 aliphatic carbocycles. The van der Waals surface area contributed by atoms with Gasteiger partial charge in [-0.3, -0.25) is 0 Å². The van der Waals surface area contributed by atoms with Gasteiger partial charge in [-0.1, -0.05) is 36.2 Å². The molecular formula is C12H24BrN. The first-order valence-electron chi connectivity index (χ1n) is 6.00. The van der Waals surface area contributed by atoms with Crippen molar-refractivity contribution >= 4 is 15.9 Å². The molecule has 0 radical (unpaired) electrons. The zero-order chi connectivity index (χ0) is 10.4. The first-order valence-corrected chi connectivity index (χ1v) is 7.13. The van der Waals surface area contributed by atoms with Gasteiger partial charge in [0.05, 0.1) is 0 Å². The third-order valence-corrected chi connectivity index (χ3v) is 3.90. The molecule has 0 N–H and O–H groups in total. The molecule has 14 heavy (non-hydrogen) atoms. The Morgan fingerprint density at radius 1 is 1.14 bits per heavy atom. The van der Waals surface area contributed by atoms with Crippen LogP contribution in [-0.2, 0) is 0 Å². The summed E-state index contributed by atoms with van der Waals surface area (Å²) in [6.07, 6.45) is 5.63. The van der Waals surface area contributed by atoms with E-state index in [-0.39, 0.29) is 0 Å². The van der Waals surface area contributed by atoms with Gasteiger partial charge in [0.2, 0.25) is 0 Å². The number of piperidine rings is 1. The maximum Gasteiger partial charge on any atom is 0.00719 e. The minimum Gasteiger partial charge on any atom is -0.303 e. The predicted octanol–water partition coefficient (Wildman–Crippen LogP) is 3.53. The monoisotopic (exact) mass is 261 g/mol. The third kappa shape index (κ3) is 4.79. The molecule has 0 aromatic rings. The Labute approximate surface area is 97.4 Å². The van der Waals surface area contributed by atoms with E-state index in [0.29, 0.717) is 0 Å². The lowest BCUT2D eigenvalue weighted by Crippen LogP contribution is -2.35. The predicted molar refractivity (Wildman–Crippen MR) is 67.0 cm³/mol. The second kappa shape index (κ2) is 6.84. The van der Waals surface area contributed by atoms with E-state index in [1.54, 1.807) is 0 Å². The lowest BCUT2D eigenvalue weighted by atomic mass is 9.97. The highest BCUT2D eigenvalue weighted by Crippen LogP contribution is 2.18. The van der Waals surface area contributed by atoms with Crippen molar-refractivity contribution in [3.63, 3.8) is 0 Å². The molecule has 0 aromatic heterocycles. The van der Waals surface area contributed by atoms with Crippen molar-refractivity contribution in [2.75, 3.05) is 25.0 Å². The number of hydrogen-bond acceptors (Lipinski definition) is 1. The number of hydrogen-bond donors (Lipinski definition) is 0. The summed E-state index contributed by atoms with van der Waals surface area (Å²) in [7, 11) is 0. The molecular weight excluding hydrogens is 238 g/mol. The summed E-state index contributed by atoms with van der Waals surface area (Å²) in [6.45, 7) is 8.63. The summed E-state index contributed by atoms with van der Waals surface area (Å²) in [5.41, 5.74) is 0. The lowest BCUT2D eigenvalue weighted by Gasteiger charge is -2.30. The van der Waals surface area contributed by atoms with Crippen molar-refractivity contribution in [1.82, 2.24) is 4.90 Å². The quantitative estimate of drug-likeness (QED) is 0.685. The molecule has 0 saturated carbocycles. The summed E-state index contributed by atoms with van der Waals surface area (Å²) in [6, 6.07) is 0. The van der Waals surface area contributed by atoms with Gasteiger partial charge in [-0.15, -0.1) is 0 Å². The molecule has 1 rings (SSSR count). The third-order valence-electron chi connectivity index (χ3n) is 2.99. The molecule has 84 valence electrons. The first kappa shape index (κ1) is 12.5. The van der Waals surface area contributed by atoms with Crippen LogP contribution in [0.5, 0.6) is 0 Å². The van der Waals surface area contributed by atoms with Gasteiger partial charge in [-0.25, -0.2) is 0 Å². The average molecular weight is 262 g/mol. The molecule has 1 atom stereocenters. The zero-order valence-electron chi connectivity index (χ0n) is 9.64. The minimum absolute atomic E-state index is 0.836. The van der Waals surface area contributed by atoms with Crippen molar-refractivity contribution in [3.05, 3.63) is 0 Å². The largest absolute Gasteiger partial charge is 0.303 e. The molecule has 0 spiro atoms. The fraction of sp³-hybridized carbons (Fsp3) is 1.00. The summed E-state index contributed by atoms with van der Waals surface area (Å²) in [5, 5.41) is 1.17. The van der Waals surface area contributed by atoms with E-state index >= 15 is 0 Å². The van der Waals surface area contributed by atoms with E-state index in [4.69, 9.17) is 0 Å². The van der Waals surface area contributed by atoms with E-state index < -0.39 is 0 Å². The van der Waals surface area contributed by atoms with Crippen molar-refractivity contribution < 1.29 is 0 Å². The highest BCUT2D eigenvalue weighted by Gasteiger charge is 2.16. The number of likely N-dealkylation sites (tertiary alicyclic amines) is 1. The molecule has 1 aliphatic rings. The topological polar surface area (TPSA) is 3.24 Å². The van der Waals surface area contributed by atoms with E-state index in [0.717, 1.165) is 11.8 Å². The Bertz CT molecular complexity index is 141. The van der Waals surface area contributed by atoms with Crippen LogP contribution in [0.4, 0.5) is 0 Å². The van der Waals surface area contributed by atoms with Crippen LogP contribution < -0.4 is 0 Å². The molecule has 1 unspecified atom stereocenters. The smallest absolute Gasteiger partial charge is 0.00719 e. The summed E-state index contributed by atoms with van der Waals surface area (Å²) in [4.78, 5) is 2.65. The summed E-state index contributed by atoms with van der Waals surface area (Å²) >= 11 is 3.64. The Kier molecular flexibility index (Phi) is 6.11. The van der Waals surface area contributed by atoms with Crippen molar-refractivity contribution in [2.24, 2.45) is 11.8 Å². The van der Waals surface area contributed by atoms with Crippen LogP contribution in [0.15, 0.2) is 0 Å². The van der Waals surface area contributed by atoms with Crippen LogP contribution in [0.1, 0.15) is 39.5 Å². The van der Waals surface area contributed by atoms with Gasteiger partial charge in [0.25, 0.3) is 0 Å². The average Bonchev–Trinajstić information content (AvgIpc) is 2.17. The van der Waals surface area contributed by atoms with E-state index in [2.05, 4.69) is 34.7 Å². The lowest BCUT2D eigenvalue weighted by molar-refractivity contribution is 0.193. The van der Waals surface area contributed by atoms with Crippen molar-refractivity contribution in [1.29, 1.82) is 0 Å². The fourth-order valence-corrected chi connectivity index (χ4v) is 2.83. The highest BCUT2D eigenvalue weighted by molar-refractivity contribution is 9.09. The van der Waals surface area contributed by atoms with Gasteiger partial charge < -0.3 is 4.90 Å². The Balaban J connectivity index is 2.23. The highest BCUT2D eigenvalue weighted by atomic mass is 79.9. The van der Waals surface area contributed by atoms with Gasteiger partial charge in [-0.2, -0.15) is 0 Å². The summed E-state index contributed by atoms with van der Waals surface area (Å²) in [5.74, 6) is 1.69. The number of nitrogens with zero attached hydrogens (tertiary/aromatic N) is 1. The molecule has 0 aromatic carbocycles. The number of halogens is 1. The molecule has 0 amide bonds. The SMILES string of the molecule is CC(C)CC(CBr)CN1CCCCC1. The molecule has 1 fully saturated rings. The molecule has 1 saturated heterocycles. The van der Waals surface area contributed by atoms with Crippen LogP contribution >= 0.6 is 15.9 Å². The van der Waals surface area contributed by atoms with E-state index in [1.165, 1.54) is 50.6 Å². The van der Waals surface area contributed by atoms with E-state index in [9.17, 15) is 0 Å². The van der Waals surface area contributed by atoms with Gasteiger partial charge >= 0.3 is 0 Å². The molecule has 1 aliphatic heterocycles. The van der Waals surface area contributed by atoms with Crippen LogP contribution in [0.2, 0.25) is 0 Å². The standard InChI is InChI=1S/C12H24BrN/c1-11(2)8-12(9-13)10-14-6-4-3-5-7-14/h11-12H,3-10H2,1-2H3. The minimum atomic E-state index is 0.836. The Morgan fingerprint density at radius 2 is 1.79 bits per heavy atom. The maximum atomic E-state index is 3.64. The molecule has 1 nitrogen and oxygen atoms in total. The van der Waals surface area contributed by atoms with Crippen LogP contribution in [0, 0.1) is 11.8 Å².